The topological polar surface area (TPSA) is 71.5 Å². The predicted molar refractivity (Wildman–Crippen MR) is 116 cm³/mol. The molecular weight excluding hydrogens is 386 g/mol. The highest BCUT2D eigenvalue weighted by molar-refractivity contribution is 7.22. The minimum atomic E-state index is -0.389. The Bertz CT molecular complexity index is 1040. The number of nitrogens with zero attached hydrogens (tertiary/aromatic N) is 2. The Hall–Kier alpha value is -2.93. The molecule has 3 aromatic rings. The number of hydrogen-bond acceptors (Lipinski definition) is 6. The van der Waals surface area contributed by atoms with E-state index in [0.29, 0.717) is 11.3 Å². The fourth-order valence-electron chi connectivity index (χ4n) is 3.54. The zero-order chi connectivity index (χ0) is 20.4. The number of rotatable bonds is 4. The van der Waals surface area contributed by atoms with Gasteiger partial charge in [0.25, 0.3) is 0 Å². The Labute approximate surface area is 173 Å². The number of carbonyl (C=O) groups excluding carboxylic acids is 2. The van der Waals surface area contributed by atoms with Crippen LogP contribution in [0.4, 0.5) is 10.8 Å². The number of esters is 1. The van der Waals surface area contributed by atoms with Gasteiger partial charge in [-0.05, 0) is 61.7 Å². The van der Waals surface area contributed by atoms with Crippen LogP contribution in [0.1, 0.15) is 28.8 Å². The number of amides is 1. The van der Waals surface area contributed by atoms with Crippen molar-refractivity contribution in [3.8, 4) is 0 Å². The molecule has 0 aliphatic carbocycles. The molecule has 0 spiro atoms. The fourth-order valence-corrected chi connectivity index (χ4v) is 4.66. The van der Waals surface area contributed by atoms with Crippen molar-refractivity contribution in [1.29, 1.82) is 0 Å². The molecule has 4 rings (SSSR count). The zero-order valence-corrected chi connectivity index (χ0v) is 17.3. The largest absolute Gasteiger partial charge is 0.465 e. The molecule has 1 aliphatic heterocycles. The third-order valence-corrected chi connectivity index (χ3v) is 6.32. The summed E-state index contributed by atoms with van der Waals surface area (Å²) in [6.45, 7) is 3.72. The van der Waals surface area contributed by atoms with E-state index in [0.717, 1.165) is 36.6 Å². The maximum Gasteiger partial charge on any atom is 0.337 e. The van der Waals surface area contributed by atoms with Gasteiger partial charge in [0.1, 0.15) is 0 Å². The third-order valence-electron chi connectivity index (χ3n) is 5.24. The van der Waals surface area contributed by atoms with Crippen molar-refractivity contribution >= 4 is 44.2 Å². The standard InChI is InChI=1S/C22H23N3O3S/c1-14-3-8-18-19(13-14)29-22(24-18)25-11-9-15(10-12-25)20(26)23-17-6-4-16(5-7-17)21(27)28-2/h3-8,13,15H,9-12H2,1-2H3,(H,23,26). The molecule has 1 amide bonds. The van der Waals surface area contributed by atoms with Gasteiger partial charge in [0, 0.05) is 24.7 Å². The molecule has 0 radical (unpaired) electrons. The fraction of sp³-hybridized carbons (Fsp3) is 0.318. The number of benzene rings is 2. The Morgan fingerprint density at radius 2 is 1.86 bits per heavy atom. The SMILES string of the molecule is COC(=O)c1ccc(NC(=O)C2CCN(c3nc4ccc(C)cc4s3)CC2)cc1. The van der Waals surface area contributed by atoms with Gasteiger partial charge in [-0.1, -0.05) is 17.4 Å². The summed E-state index contributed by atoms with van der Waals surface area (Å²) in [6, 6.07) is 13.1. The van der Waals surface area contributed by atoms with Crippen LogP contribution >= 0.6 is 11.3 Å². The highest BCUT2D eigenvalue weighted by Gasteiger charge is 2.26. The molecule has 7 heteroatoms. The van der Waals surface area contributed by atoms with Crippen molar-refractivity contribution in [2.75, 3.05) is 30.4 Å². The first kappa shape index (κ1) is 19.4. The van der Waals surface area contributed by atoms with Crippen molar-refractivity contribution < 1.29 is 14.3 Å². The Kier molecular flexibility index (Phi) is 5.49. The first-order valence-corrected chi connectivity index (χ1v) is 10.5. The second kappa shape index (κ2) is 8.21. The van der Waals surface area contributed by atoms with Crippen LogP contribution in [0.25, 0.3) is 10.2 Å². The number of aromatic nitrogens is 1. The van der Waals surface area contributed by atoms with E-state index in [-0.39, 0.29) is 17.8 Å². The van der Waals surface area contributed by atoms with Gasteiger partial charge in [-0.3, -0.25) is 4.79 Å². The zero-order valence-electron chi connectivity index (χ0n) is 16.5. The van der Waals surface area contributed by atoms with Crippen LogP contribution in [-0.2, 0) is 9.53 Å². The lowest BCUT2D eigenvalue weighted by Crippen LogP contribution is -2.38. The molecule has 1 aromatic heterocycles. The molecule has 1 saturated heterocycles. The molecule has 1 N–H and O–H groups in total. The number of piperidine rings is 1. The second-order valence-electron chi connectivity index (χ2n) is 7.29. The van der Waals surface area contributed by atoms with E-state index in [1.54, 1.807) is 35.6 Å². The van der Waals surface area contributed by atoms with Gasteiger partial charge in [-0.15, -0.1) is 0 Å². The maximum atomic E-state index is 12.6. The molecule has 6 nitrogen and oxygen atoms in total. The van der Waals surface area contributed by atoms with E-state index < -0.39 is 0 Å². The van der Waals surface area contributed by atoms with Crippen LogP contribution in [0.5, 0.6) is 0 Å². The number of carbonyl (C=O) groups is 2. The van der Waals surface area contributed by atoms with Gasteiger partial charge in [-0.25, -0.2) is 9.78 Å². The van der Waals surface area contributed by atoms with E-state index in [1.165, 1.54) is 17.4 Å². The van der Waals surface area contributed by atoms with Crippen LogP contribution < -0.4 is 10.2 Å². The lowest BCUT2D eigenvalue weighted by atomic mass is 9.96. The second-order valence-corrected chi connectivity index (χ2v) is 8.30. The van der Waals surface area contributed by atoms with E-state index in [1.807, 2.05) is 0 Å². The monoisotopic (exact) mass is 409 g/mol. The number of anilines is 2. The average molecular weight is 410 g/mol. The van der Waals surface area contributed by atoms with Gasteiger partial charge in [-0.2, -0.15) is 0 Å². The number of thiazole rings is 1. The van der Waals surface area contributed by atoms with Gasteiger partial charge < -0.3 is 15.0 Å². The van der Waals surface area contributed by atoms with Crippen LogP contribution in [0, 0.1) is 12.8 Å². The smallest absolute Gasteiger partial charge is 0.337 e. The summed E-state index contributed by atoms with van der Waals surface area (Å²) >= 11 is 1.71. The molecule has 0 bridgehead atoms. The number of hydrogen-bond donors (Lipinski definition) is 1. The molecule has 150 valence electrons. The van der Waals surface area contributed by atoms with Crippen LogP contribution in [0.2, 0.25) is 0 Å². The minimum absolute atomic E-state index is 0.0235. The molecule has 0 atom stereocenters. The summed E-state index contributed by atoms with van der Waals surface area (Å²) in [5.74, 6) is -0.390. The van der Waals surface area contributed by atoms with Crippen LogP contribution in [0.3, 0.4) is 0 Å². The highest BCUT2D eigenvalue weighted by atomic mass is 32.1. The van der Waals surface area contributed by atoms with Crippen molar-refractivity contribution in [2.24, 2.45) is 5.92 Å². The number of ether oxygens (including phenoxy) is 1. The van der Waals surface area contributed by atoms with Crippen molar-refractivity contribution in [3.05, 3.63) is 53.6 Å². The molecular formula is C22H23N3O3S. The quantitative estimate of drug-likeness (QED) is 0.653. The number of fused-ring (bicyclic) bond motifs is 1. The van der Waals surface area contributed by atoms with Gasteiger partial charge >= 0.3 is 5.97 Å². The number of methoxy groups -OCH3 is 1. The predicted octanol–water partition coefficient (Wildman–Crippen LogP) is 4.25. The van der Waals surface area contributed by atoms with E-state index in [2.05, 4.69) is 40.1 Å². The molecule has 0 unspecified atom stereocenters. The summed E-state index contributed by atoms with van der Waals surface area (Å²) in [7, 11) is 1.35. The summed E-state index contributed by atoms with van der Waals surface area (Å²) in [6.07, 6.45) is 1.59. The van der Waals surface area contributed by atoms with Crippen LogP contribution in [-0.4, -0.2) is 37.1 Å². The van der Waals surface area contributed by atoms with Gasteiger partial charge in [0.2, 0.25) is 5.91 Å². The number of nitrogens with one attached hydrogen (secondary N) is 1. The van der Waals surface area contributed by atoms with Gasteiger partial charge in [0.15, 0.2) is 5.13 Å². The van der Waals surface area contributed by atoms with Crippen LogP contribution in [0.15, 0.2) is 42.5 Å². The summed E-state index contributed by atoms with van der Waals surface area (Å²) in [5.41, 5.74) is 3.42. The maximum absolute atomic E-state index is 12.6. The van der Waals surface area contributed by atoms with E-state index in [9.17, 15) is 9.59 Å². The summed E-state index contributed by atoms with van der Waals surface area (Å²) < 4.78 is 5.89. The highest BCUT2D eigenvalue weighted by Crippen LogP contribution is 2.32. The van der Waals surface area contributed by atoms with Crippen molar-refractivity contribution in [2.45, 2.75) is 19.8 Å². The van der Waals surface area contributed by atoms with Gasteiger partial charge in [0.05, 0.1) is 22.9 Å². The lowest BCUT2D eigenvalue weighted by molar-refractivity contribution is -0.120. The van der Waals surface area contributed by atoms with E-state index >= 15 is 0 Å². The molecule has 1 aliphatic rings. The van der Waals surface area contributed by atoms with Crippen molar-refractivity contribution in [1.82, 2.24) is 4.98 Å². The third kappa shape index (κ3) is 4.24. The summed E-state index contributed by atoms with van der Waals surface area (Å²) in [4.78, 5) is 31.2. The first-order chi connectivity index (χ1) is 14.0. The minimum Gasteiger partial charge on any atom is -0.465 e. The summed E-state index contributed by atoms with van der Waals surface area (Å²) in [5, 5.41) is 3.99. The van der Waals surface area contributed by atoms with Crippen molar-refractivity contribution in [3.63, 3.8) is 0 Å². The molecule has 2 aromatic carbocycles. The number of aryl methyl sites for hydroxylation is 1. The Morgan fingerprint density at radius 1 is 1.14 bits per heavy atom. The molecule has 1 fully saturated rings. The molecule has 0 saturated carbocycles. The lowest BCUT2D eigenvalue weighted by Gasteiger charge is -2.31. The molecule has 29 heavy (non-hydrogen) atoms. The Balaban J connectivity index is 1.35. The molecule has 2 heterocycles. The Morgan fingerprint density at radius 3 is 2.55 bits per heavy atom. The normalized spacial score (nSPS) is 14.8. The van der Waals surface area contributed by atoms with E-state index in [4.69, 9.17) is 4.98 Å². The average Bonchev–Trinajstić information content (AvgIpc) is 3.17. The first-order valence-electron chi connectivity index (χ1n) is 9.65.